The van der Waals surface area contributed by atoms with Crippen molar-refractivity contribution in [2.75, 3.05) is 0 Å². The molecule has 11 rings (SSSR count). The van der Waals surface area contributed by atoms with E-state index in [-0.39, 0.29) is 11.6 Å². The molecule has 0 radical (unpaired) electrons. The maximum Gasteiger partial charge on any atom is 0.145 e. The molecule has 2 atom stereocenters. The minimum absolute atomic E-state index is 0.225. The second-order valence-corrected chi connectivity index (χ2v) is 16.1. The highest BCUT2D eigenvalue weighted by Crippen LogP contribution is 2.57. The number of hydrogen-bond donors (Lipinski definition) is 1. The van der Waals surface area contributed by atoms with Crippen LogP contribution in [0.3, 0.4) is 0 Å². The van der Waals surface area contributed by atoms with Gasteiger partial charge in [0.1, 0.15) is 6.17 Å². The Morgan fingerprint density at radius 1 is 0.661 bits per heavy atom. The van der Waals surface area contributed by atoms with Gasteiger partial charge in [-0.05, 0) is 93.9 Å². The van der Waals surface area contributed by atoms with Gasteiger partial charge in [-0.15, -0.1) is 0 Å². The first-order valence-electron chi connectivity index (χ1n) is 20.4. The Balaban J connectivity index is 1.11. The first-order chi connectivity index (χ1) is 29.0. The zero-order chi connectivity index (χ0) is 39.6. The van der Waals surface area contributed by atoms with Crippen LogP contribution in [0, 0.1) is 16.7 Å². The van der Waals surface area contributed by atoms with Gasteiger partial charge < -0.3 is 9.88 Å². The maximum atomic E-state index is 9.75. The first kappa shape index (κ1) is 34.7. The van der Waals surface area contributed by atoms with Crippen molar-refractivity contribution in [1.82, 2.24) is 9.88 Å². The number of aliphatic imine (C=N–C) groups is 1. The fraction of sp³-hybridized carbons (Fsp3) is 0.0909. The summed E-state index contributed by atoms with van der Waals surface area (Å²) in [6, 6.07) is 63.6. The molecule has 7 aromatic carbocycles. The second-order valence-electron chi connectivity index (χ2n) is 16.1. The molecule has 0 amide bonds. The van der Waals surface area contributed by atoms with Crippen molar-refractivity contribution in [2.45, 2.75) is 24.9 Å². The number of hydrogen-bond acceptors (Lipinski definition) is 3. The number of nitrogens with zero attached hydrogens (tertiary/aromatic N) is 3. The largest absolute Gasteiger partial charge is 0.363 e. The SMILES string of the molecule is CC1(C2=CC(c3cccc(C#N)c3)=NC(c3cccc(-n4c5ccccc5c5cc6c(cc54)-c4ccccc4C6(c4ccccc4)c4ccccc4)c3)N2)C=CC=CC1. The monoisotopic (exact) mass is 756 g/mol. The van der Waals surface area contributed by atoms with E-state index in [9.17, 15) is 5.26 Å². The summed E-state index contributed by atoms with van der Waals surface area (Å²) in [6.07, 6.45) is 11.4. The second kappa shape index (κ2) is 13.6. The Kier molecular flexibility index (Phi) is 8.00. The van der Waals surface area contributed by atoms with Crippen LogP contribution >= 0.6 is 0 Å². The molecule has 0 saturated carbocycles. The number of nitrogens with one attached hydrogen (secondary N) is 1. The standard InChI is InChI=1S/C55H40N4/c1-54(29-13-4-14-30-54)52-35-49(38-18-15-17-37(31-38)36-56)57-53(58-52)39-19-16-24-42(32-39)59-50-28-12-10-26-44(50)46-33-48-45(34-51(46)59)43-25-9-11-27-47(43)55(48,40-20-5-2-6-21-40)41-22-7-3-8-23-41/h2-29,31-35,53,58H,30H2,1H3. The summed E-state index contributed by atoms with van der Waals surface area (Å²) in [5.41, 5.74) is 14.9. The molecular weight excluding hydrogens is 717 g/mol. The van der Waals surface area contributed by atoms with Crippen LogP contribution in [0.25, 0.3) is 38.6 Å². The van der Waals surface area contributed by atoms with Gasteiger partial charge in [0.05, 0.1) is 33.8 Å². The zero-order valence-corrected chi connectivity index (χ0v) is 32.7. The van der Waals surface area contributed by atoms with Crippen molar-refractivity contribution in [1.29, 1.82) is 5.26 Å². The topological polar surface area (TPSA) is 53.1 Å². The highest BCUT2D eigenvalue weighted by atomic mass is 15.1. The Morgan fingerprint density at radius 3 is 2.19 bits per heavy atom. The van der Waals surface area contributed by atoms with Crippen LogP contribution in [0.2, 0.25) is 0 Å². The Labute approximate surface area is 344 Å². The zero-order valence-electron chi connectivity index (χ0n) is 32.7. The van der Waals surface area contributed by atoms with E-state index in [1.807, 2.05) is 24.3 Å². The number of benzene rings is 7. The molecular formula is C55H40N4. The lowest BCUT2D eigenvalue weighted by Gasteiger charge is -2.35. The molecule has 280 valence electrons. The van der Waals surface area contributed by atoms with E-state index in [2.05, 4.69) is 199 Å². The highest BCUT2D eigenvalue weighted by Gasteiger charge is 2.46. The number of rotatable bonds is 6. The van der Waals surface area contributed by atoms with Crippen LogP contribution < -0.4 is 5.32 Å². The van der Waals surface area contributed by atoms with Crippen molar-refractivity contribution in [3.05, 3.63) is 245 Å². The fourth-order valence-corrected chi connectivity index (χ4v) is 9.87. The summed E-state index contributed by atoms with van der Waals surface area (Å²) in [4.78, 5) is 5.34. The molecule has 8 aromatic rings. The van der Waals surface area contributed by atoms with Crippen molar-refractivity contribution in [3.8, 4) is 22.9 Å². The molecule has 1 N–H and O–H groups in total. The van der Waals surface area contributed by atoms with Gasteiger partial charge in [-0.2, -0.15) is 5.26 Å². The summed E-state index contributed by atoms with van der Waals surface area (Å²) in [5, 5.41) is 16.0. The number of aromatic nitrogens is 1. The van der Waals surface area contributed by atoms with E-state index in [4.69, 9.17) is 4.99 Å². The Hall–Kier alpha value is -7.48. The third-order valence-electron chi connectivity index (χ3n) is 12.7. The maximum absolute atomic E-state index is 9.75. The number of para-hydroxylation sites is 1. The average Bonchev–Trinajstić information content (AvgIpc) is 3.79. The molecule has 59 heavy (non-hydrogen) atoms. The summed E-state index contributed by atoms with van der Waals surface area (Å²) < 4.78 is 2.43. The predicted molar refractivity (Wildman–Crippen MR) is 241 cm³/mol. The van der Waals surface area contributed by atoms with Gasteiger partial charge in [0.15, 0.2) is 0 Å². The molecule has 2 unspecified atom stereocenters. The van der Waals surface area contributed by atoms with E-state index in [0.29, 0.717) is 5.56 Å². The summed E-state index contributed by atoms with van der Waals surface area (Å²) in [6.45, 7) is 2.27. The van der Waals surface area contributed by atoms with Gasteiger partial charge in [-0.1, -0.05) is 159 Å². The Morgan fingerprint density at radius 2 is 1.41 bits per heavy atom. The third kappa shape index (κ3) is 5.39. The molecule has 2 aliphatic carbocycles. The Bertz CT molecular complexity index is 3100. The number of fused-ring (bicyclic) bond motifs is 6. The lowest BCUT2D eigenvalue weighted by Crippen LogP contribution is -2.34. The molecule has 0 bridgehead atoms. The normalized spacial score (nSPS) is 18.7. The molecule has 4 nitrogen and oxygen atoms in total. The molecule has 0 spiro atoms. The van der Waals surface area contributed by atoms with E-state index in [0.717, 1.165) is 45.7 Å². The van der Waals surface area contributed by atoms with E-state index >= 15 is 0 Å². The predicted octanol–water partition coefficient (Wildman–Crippen LogP) is 12.5. The quantitative estimate of drug-likeness (QED) is 0.184. The van der Waals surface area contributed by atoms with Crippen LogP contribution in [0.15, 0.2) is 211 Å². The van der Waals surface area contributed by atoms with Gasteiger partial charge >= 0.3 is 0 Å². The van der Waals surface area contributed by atoms with Crippen LogP contribution in [0.5, 0.6) is 0 Å². The first-order valence-corrected chi connectivity index (χ1v) is 20.4. The smallest absolute Gasteiger partial charge is 0.145 e. The minimum Gasteiger partial charge on any atom is -0.363 e. The van der Waals surface area contributed by atoms with Gasteiger partial charge in [-0.3, -0.25) is 4.99 Å². The average molecular weight is 757 g/mol. The van der Waals surface area contributed by atoms with Crippen molar-refractivity contribution < 1.29 is 0 Å². The van der Waals surface area contributed by atoms with Crippen molar-refractivity contribution in [3.63, 3.8) is 0 Å². The summed E-state index contributed by atoms with van der Waals surface area (Å²) in [5.74, 6) is 0. The number of nitriles is 1. The lowest BCUT2D eigenvalue weighted by molar-refractivity contribution is 0.442. The molecule has 1 aromatic heterocycles. The van der Waals surface area contributed by atoms with Crippen LogP contribution in [0.1, 0.15) is 58.5 Å². The van der Waals surface area contributed by atoms with Gasteiger partial charge in [0.2, 0.25) is 0 Å². The van der Waals surface area contributed by atoms with Crippen molar-refractivity contribution in [2.24, 2.45) is 10.4 Å². The molecule has 2 heterocycles. The molecule has 1 aliphatic heterocycles. The molecule has 0 saturated heterocycles. The van der Waals surface area contributed by atoms with Crippen molar-refractivity contribution >= 4 is 27.5 Å². The van der Waals surface area contributed by atoms with Gasteiger partial charge in [-0.25, -0.2) is 0 Å². The van der Waals surface area contributed by atoms with Crippen LogP contribution in [-0.2, 0) is 5.41 Å². The van der Waals surface area contributed by atoms with Gasteiger partial charge in [0, 0.05) is 33.1 Å². The fourth-order valence-electron chi connectivity index (χ4n) is 9.87. The molecule has 4 heteroatoms. The summed E-state index contributed by atoms with van der Waals surface area (Å²) >= 11 is 0. The summed E-state index contributed by atoms with van der Waals surface area (Å²) in [7, 11) is 0. The minimum atomic E-state index is -0.480. The van der Waals surface area contributed by atoms with E-state index in [1.54, 1.807) is 0 Å². The molecule has 0 fully saturated rings. The van der Waals surface area contributed by atoms with Crippen LogP contribution in [-0.4, -0.2) is 10.3 Å². The van der Waals surface area contributed by atoms with E-state index in [1.165, 1.54) is 44.2 Å². The van der Waals surface area contributed by atoms with Crippen LogP contribution in [0.4, 0.5) is 0 Å². The van der Waals surface area contributed by atoms with Gasteiger partial charge in [0.25, 0.3) is 0 Å². The third-order valence-corrected chi connectivity index (χ3v) is 12.7. The van der Waals surface area contributed by atoms with E-state index < -0.39 is 5.41 Å². The highest BCUT2D eigenvalue weighted by molar-refractivity contribution is 6.12. The number of allylic oxidation sites excluding steroid dienone is 5. The molecule has 3 aliphatic rings. The lowest BCUT2D eigenvalue weighted by atomic mass is 9.67.